The molecule has 0 fully saturated rings. The Hall–Kier alpha value is -2.68. The van der Waals surface area contributed by atoms with Crippen LogP contribution in [0, 0.1) is 13.8 Å². The molecule has 0 aromatic heterocycles. The largest absolute Gasteiger partial charge is 0.260 e. The first kappa shape index (κ1) is 13.3. The van der Waals surface area contributed by atoms with Crippen LogP contribution in [0.4, 0.5) is 11.4 Å². The number of aryl methyl sites for hydroxylation is 1. The van der Waals surface area contributed by atoms with E-state index in [2.05, 4.69) is 47.8 Å². The van der Waals surface area contributed by atoms with E-state index in [1.165, 1.54) is 10.9 Å². The molecule has 0 spiro atoms. The van der Waals surface area contributed by atoms with Gasteiger partial charge in [0.15, 0.2) is 0 Å². The van der Waals surface area contributed by atoms with Crippen molar-refractivity contribution in [2.45, 2.75) is 13.8 Å². The van der Waals surface area contributed by atoms with Crippen molar-refractivity contribution in [2.75, 3.05) is 5.43 Å². The Morgan fingerprint density at radius 3 is 2.38 bits per heavy atom. The zero-order valence-corrected chi connectivity index (χ0v) is 12.2. The summed E-state index contributed by atoms with van der Waals surface area (Å²) in [5, 5.41) is 10.9. The number of para-hydroxylation sites is 1. The lowest BCUT2D eigenvalue weighted by atomic mass is 10.0. The molecule has 0 unspecified atom stereocenters. The Balaban J connectivity index is 1.98. The summed E-state index contributed by atoms with van der Waals surface area (Å²) in [6.07, 6.45) is 0. The van der Waals surface area contributed by atoms with Gasteiger partial charge in [0.2, 0.25) is 0 Å². The van der Waals surface area contributed by atoms with Crippen molar-refractivity contribution < 1.29 is 0 Å². The minimum Gasteiger partial charge on any atom is -0.260 e. The van der Waals surface area contributed by atoms with Gasteiger partial charge >= 0.3 is 0 Å². The fourth-order valence-corrected chi connectivity index (χ4v) is 2.34. The van der Waals surface area contributed by atoms with Gasteiger partial charge in [-0.05, 0) is 42.5 Å². The molecule has 0 aliphatic heterocycles. The third-order valence-corrected chi connectivity index (χ3v) is 3.64. The molecule has 0 saturated heterocycles. The molecule has 104 valence electrons. The fraction of sp³-hybridized carbons (Fsp3) is 0.111. The van der Waals surface area contributed by atoms with Gasteiger partial charge in [0.05, 0.1) is 11.4 Å². The standard InChI is InChI=1S/C18H17N3/c1-13-12-15-8-6-7-11-17(15)18(14(13)2)20-21-19-16-9-4-3-5-10-16/h3-12H,1-2H3,(H,19,20). The molecule has 0 heterocycles. The summed E-state index contributed by atoms with van der Waals surface area (Å²) in [7, 11) is 0. The van der Waals surface area contributed by atoms with Gasteiger partial charge in [-0.3, -0.25) is 5.43 Å². The van der Waals surface area contributed by atoms with Crippen molar-refractivity contribution in [1.29, 1.82) is 0 Å². The highest BCUT2D eigenvalue weighted by Crippen LogP contribution is 2.32. The fourth-order valence-electron chi connectivity index (χ4n) is 2.34. The first-order chi connectivity index (χ1) is 10.3. The van der Waals surface area contributed by atoms with Crippen molar-refractivity contribution in [3.8, 4) is 0 Å². The minimum atomic E-state index is 0.925. The molecular weight excluding hydrogens is 258 g/mol. The summed E-state index contributed by atoms with van der Waals surface area (Å²) in [5.41, 5.74) is 7.20. The molecule has 3 heteroatoms. The van der Waals surface area contributed by atoms with E-state index in [1.54, 1.807) is 0 Å². The van der Waals surface area contributed by atoms with E-state index in [9.17, 15) is 0 Å². The van der Waals surface area contributed by atoms with Crippen LogP contribution in [0.2, 0.25) is 0 Å². The third-order valence-electron chi connectivity index (χ3n) is 3.64. The molecule has 0 aliphatic carbocycles. The topological polar surface area (TPSA) is 36.8 Å². The predicted octanol–water partition coefficient (Wildman–Crippen LogP) is 5.57. The summed E-state index contributed by atoms with van der Waals surface area (Å²) in [5.74, 6) is 0. The Bertz CT molecular complexity index is 792. The lowest BCUT2D eigenvalue weighted by molar-refractivity contribution is 1.12. The molecule has 0 bridgehead atoms. The number of hydrogen-bond donors (Lipinski definition) is 1. The molecule has 3 nitrogen and oxygen atoms in total. The maximum atomic E-state index is 4.40. The van der Waals surface area contributed by atoms with E-state index >= 15 is 0 Å². The monoisotopic (exact) mass is 275 g/mol. The van der Waals surface area contributed by atoms with Crippen LogP contribution >= 0.6 is 0 Å². The summed E-state index contributed by atoms with van der Waals surface area (Å²) in [6.45, 7) is 4.18. The predicted molar refractivity (Wildman–Crippen MR) is 88.0 cm³/mol. The van der Waals surface area contributed by atoms with Gasteiger partial charge in [0.1, 0.15) is 0 Å². The van der Waals surface area contributed by atoms with Gasteiger partial charge in [-0.15, -0.1) is 5.11 Å². The molecule has 0 aliphatic rings. The summed E-state index contributed by atoms with van der Waals surface area (Å²) in [6, 6.07) is 20.3. The van der Waals surface area contributed by atoms with Crippen molar-refractivity contribution >= 4 is 22.1 Å². The highest BCUT2D eigenvalue weighted by molar-refractivity contribution is 5.94. The third kappa shape index (κ3) is 2.77. The number of nitrogens with zero attached hydrogens (tertiary/aromatic N) is 2. The SMILES string of the molecule is Cc1cc2ccccc2c(N=NNc2ccccc2)c1C. The van der Waals surface area contributed by atoms with Gasteiger partial charge in [-0.1, -0.05) is 53.8 Å². The Morgan fingerprint density at radius 1 is 0.857 bits per heavy atom. The lowest BCUT2D eigenvalue weighted by Gasteiger charge is -2.08. The van der Waals surface area contributed by atoms with Crippen LogP contribution in [0.15, 0.2) is 71.0 Å². The Kier molecular flexibility index (Phi) is 3.65. The molecule has 21 heavy (non-hydrogen) atoms. The molecule has 3 rings (SSSR count). The van der Waals surface area contributed by atoms with Gasteiger partial charge < -0.3 is 0 Å². The van der Waals surface area contributed by atoms with Gasteiger partial charge in [-0.25, -0.2) is 0 Å². The van der Waals surface area contributed by atoms with E-state index in [0.29, 0.717) is 0 Å². The summed E-state index contributed by atoms with van der Waals surface area (Å²) >= 11 is 0. The Morgan fingerprint density at radius 2 is 1.57 bits per heavy atom. The maximum absolute atomic E-state index is 4.40. The second kappa shape index (κ2) is 5.75. The summed E-state index contributed by atoms with van der Waals surface area (Å²) in [4.78, 5) is 0. The number of rotatable bonds is 3. The van der Waals surface area contributed by atoms with Gasteiger partial charge in [0.25, 0.3) is 0 Å². The summed E-state index contributed by atoms with van der Waals surface area (Å²) < 4.78 is 0. The molecule has 1 N–H and O–H groups in total. The first-order valence-electron chi connectivity index (χ1n) is 6.96. The maximum Gasteiger partial charge on any atom is 0.0984 e. The highest BCUT2D eigenvalue weighted by atomic mass is 15.4. The quantitative estimate of drug-likeness (QED) is 0.492. The molecule has 0 radical (unpaired) electrons. The van der Waals surface area contributed by atoms with Gasteiger partial charge in [-0.2, -0.15) is 0 Å². The van der Waals surface area contributed by atoms with E-state index < -0.39 is 0 Å². The average Bonchev–Trinajstić information content (AvgIpc) is 2.52. The second-order valence-electron chi connectivity index (χ2n) is 5.07. The minimum absolute atomic E-state index is 0.925. The number of anilines is 1. The number of hydrogen-bond acceptors (Lipinski definition) is 2. The van der Waals surface area contributed by atoms with Crippen molar-refractivity contribution in [2.24, 2.45) is 10.3 Å². The van der Waals surface area contributed by atoms with Crippen LogP contribution in [0.5, 0.6) is 0 Å². The van der Waals surface area contributed by atoms with Crippen LogP contribution in [0.3, 0.4) is 0 Å². The Labute approximate surface area is 124 Å². The average molecular weight is 275 g/mol. The number of nitrogens with one attached hydrogen (secondary N) is 1. The van der Waals surface area contributed by atoms with E-state index in [4.69, 9.17) is 0 Å². The van der Waals surface area contributed by atoms with E-state index in [-0.39, 0.29) is 0 Å². The first-order valence-corrected chi connectivity index (χ1v) is 6.96. The molecular formula is C18H17N3. The zero-order chi connectivity index (χ0) is 14.7. The molecule has 3 aromatic carbocycles. The molecule has 0 amide bonds. The molecule has 3 aromatic rings. The lowest BCUT2D eigenvalue weighted by Crippen LogP contribution is -1.87. The highest BCUT2D eigenvalue weighted by Gasteiger charge is 2.06. The molecule has 0 saturated carbocycles. The normalized spacial score (nSPS) is 11.1. The van der Waals surface area contributed by atoms with Crippen LogP contribution in [0.1, 0.15) is 11.1 Å². The van der Waals surface area contributed by atoms with Crippen LogP contribution < -0.4 is 5.43 Å². The zero-order valence-electron chi connectivity index (χ0n) is 12.2. The van der Waals surface area contributed by atoms with Crippen LogP contribution in [-0.2, 0) is 0 Å². The van der Waals surface area contributed by atoms with Gasteiger partial charge in [0, 0.05) is 5.39 Å². The number of fused-ring (bicyclic) bond motifs is 1. The van der Waals surface area contributed by atoms with Crippen molar-refractivity contribution in [3.05, 3.63) is 71.8 Å². The van der Waals surface area contributed by atoms with Crippen LogP contribution in [0.25, 0.3) is 10.8 Å². The van der Waals surface area contributed by atoms with Crippen molar-refractivity contribution in [3.63, 3.8) is 0 Å². The smallest absolute Gasteiger partial charge is 0.0984 e. The van der Waals surface area contributed by atoms with Crippen molar-refractivity contribution in [1.82, 2.24) is 0 Å². The second-order valence-corrected chi connectivity index (χ2v) is 5.07. The molecule has 0 atom stereocenters. The van der Waals surface area contributed by atoms with E-state index in [1.807, 2.05) is 42.5 Å². The number of benzene rings is 3. The van der Waals surface area contributed by atoms with Crippen LogP contribution in [-0.4, -0.2) is 0 Å². The van der Waals surface area contributed by atoms with E-state index in [0.717, 1.165) is 22.3 Å².